The average molecular weight is 317 g/mol. The van der Waals surface area contributed by atoms with E-state index in [1.54, 1.807) is 0 Å². The smallest absolute Gasteiger partial charge is 0.461 e. The molecule has 0 fully saturated rings. The summed E-state index contributed by atoms with van der Waals surface area (Å²) in [5.41, 5.74) is 0. The largest absolute Gasteiger partial charge is 0.543 e. The summed E-state index contributed by atoms with van der Waals surface area (Å²) >= 11 is 0. The van der Waals surface area contributed by atoms with Crippen molar-refractivity contribution in [2.45, 2.75) is 44.8 Å². The van der Waals surface area contributed by atoms with Crippen LogP contribution in [0.5, 0.6) is 0 Å². The molecule has 0 N–H and O–H groups in total. The Morgan fingerprint density at radius 2 is 1.75 bits per heavy atom. The third-order valence-electron chi connectivity index (χ3n) is 1.86. The molecule has 0 saturated heterocycles. The number of rotatable bonds is 6. The predicted octanol–water partition coefficient (Wildman–Crippen LogP) is 3.85. The lowest BCUT2D eigenvalue weighted by Crippen LogP contribution is -2.43. The molecule has 0 aromatic heterocycles. The highest BCUT2D eigenvalue weighted by atomic mass is 28.4. The van der Waals surface area contributed by atoms with E-state index >= 15 is 0 Å². The van der Waals surface area contributed by atoms with Crippen LogP contribution in [0.15, 0.2) is 11.8 Å². The second-order valence-corrected chi connectivity index (χ2v) is 9.25. The Hall–Kier alpha value is -1.14. The molecule has 0 spiro atoms. The molecule has 3 nitrogen and oxygen atoms in total. The van der Waals surface area contributed by atoms with Crippen LogP contribution in [0.4, 0.5) is 22.0 Å². The van der Waals surface area contributed by atoms with Gasteiger partial charge >= 0.3 is 12.1 Å². The average Bonchev–Trinajstić information content (AvgIpc) is 2.23. The molecule has 0 saturated carbocycles. The Bertz CT molecular complexity index is 395. The molecular weight excluding hydrogens is 301 g/mol. The van der Waals surface area contributed by atoms with Gasteiger partial charge in [0.1, 0.15) is 0 Å². The van der Waals surface area contributed by atoms with Crippen molar-refractivity contribution in [1.82, 2.24) is 0 Å². The third-order valence-corrected chi connectivity index (χ3v) is 2.69. The van der Waals surface area contributed by atoms with E-state index in [2.05, 4.69) is 0 Å². The maximum Gasteiger partial charge on any atom is 0.461 e. The van der Waals surface area contributed by atoms with Crippen LogP contribution < -0.4 is 0 Å². The van der Waals surface area contributed by atoms with Crippen molar-refractivity contribution in [3.8, 4) is 6.07 Å². The molecule has 0 aliphatic carbocycles. The fourth-order valence-corrected chi connectivity index (χ4v) is 1.97. The van der Waals surface area contributed by atoms with Gasteiger partial charge < -0.3 is 9.16 Å². The van der Waals surface area contributed by atoms with E-state index in [9.17, 15) is 22.0 Å². The SMILES string of the molecule is CCOC(C#N)/C=C(/O[Si](C)(C)C)C(F)(F)C(F)(F)F. The first-order valence-corrected chi connectivity index (χ1v) is 9.13. The molecule has 116 valence electrons. The number of hydrogen-bond acceptors (Lipinski definition) is 3. The van der Waals surface area contributed by atoms with E-state index in [4.69, 9.17) is 14.4 Å². The van der Waals surface area contributed by atoms with Crippen molar-refractivity contribution in [3.63, 3.8) is 0 Å². The van der Waals surface area contributed by atoms with Gasteiger partial charge in [-0.15, -0.1) is 0 Å². The van der Waals surface area contributed by atoms with Crippen molar-refractivity contribution in [3.05, 3.63) is 11.8 Å². The molecule has 0 radical (unpaired) electrons. The molecule has 0 rings (SSSR count). The first kappa shape index (κ1) is 18.9. The van der Waals surface area contributed by atoms with E-state index in [0.29, 0.717) is 6.08 Å². The number of nitrogens with zero attached hydrogens (tertiary/aromatic N) is 1. The van der Waals surface area contributed by atoms with Crippen molar-refractivity contribution >= 4 is 8.32 Å². The summed E-state index contributed by atoms with van der Waals surface area (Å²) in [6.45, 7) is 5.84. The highest BCUT2D eigenvalue weighted by molar-refractivity contribution is 6.70. The highest BCUT2D eigenvalue weighted by Crippen LogP contribution is 2.42. The zero-order valence-electron chi connectivity index (χ0n) is 11.5. The molecule has 1 atom stereocenters. The minimum Gasteiger partial charge on any atom is -0.543 e. The minimum absolute atomic E-state index is 0.00740. The topological polar surface area (TPSA) is 42.2 Å². The van der Waals surface area contributed by atoms with Crippen LogP contribution in [-0.2, 0) is 9.16 Å². The van der Waals surface area contributed by atoms with Gasteiger partial charge in [0, 0.05) is 12.7 Å². The first-order chi connectivity index (χ1) is 8.85. The number of halogens is 5. The fourth-order valence-electron chi connectivity index (χ4n) is 1.11. The zero-order chi connectivity index (χ0) is 16.2. The maximum atomic E-state index is 13.4. The van der Waals surface area contributed by atoms with Gasteiger partial charge in [0.2, 0.25) is 8.32 Å². The predicted molar refractivity (Wildman–Crippen MR) is 64.5 cm³/mol. The van der Waals surface area contributed by atoms with Crippen LogP contribution in [0.2, 0.25) is 19.6 Å². The minimum atomic E-state index is -5.80. The summed E-state index contributed by atoms with van der Waals surface area (Å²) in [4.78, 5) is 0. The molecular formula is C11H16F5NO2Si. The molecule has 20 heavy (non-hydrogen) atoms. The van der Waals surface area contributed by atoms with E-state index in [-0.39, 0.29) is 6.61 Å². The summed E-state index contributed by atoms with van der Waals surface area (Å²) in [6, 6.07) is 1.48. The molecule has 0 aliphatic heterocycles. The molecule has 1 unspecified atom stereocenters. The van der Waals surface area contributed by atoms with Crippen molar-refractivity contribution in [1.29, 1.82) is 5.26 Å². The number of alkyl halides is 5. The lowest BCUT2D eigenvalue weighted by atomic mass is 10.2. The highest BCUT2D eigenvalue weighted by Gasteiger charge is 2.62. The Labute approximate surface area is 115 Å². The van der Waals surface area contributed by atoms with Gasteiger partial charge in [-0.2, -0.15) is 27.2 Å². The second-order valence-electron chi connectivity index (χ2n) is 4.82. The van der Waals surface area contributed by atoms with Gasteiger partial charge in [-0.25, -0.2) is 0 Å². The van der Waals surface area contributed by atoms with E-state index < -0.39 is 32.3 Å². The van der Waals surface area contributed by atoms with E-state index in [0.717, 1.165) is 0 Å². The van der Waals surface area contributed by atoms with Crippen molar-refractivity contribution < 1.29 is 31.1 Å². The monoisotopic (exact) mass is 317 g/mol. The van der Waals surface area contributed by atoms with Gasteiger partial charge in [-0.05, 0) is 26.6 Å². The first-order valence-electron chi connectivity index (χ1n) is 5.72. The zero-order valence-corrected chi connectivity index (χ0v) is 12.5. The number of allylic oxidation sites excluding steroid dienone is 1. The summed E-state index contributed by atoms with van der Waals surface area (Å²) in [7, 11) is -2.72. The van der Waals surface area contributed by atoms with Crippen LogP contribution in [0.3, 0.4) is 0 Å². The normalized spacial score (nSPS) is 15.7. The Balaban J connectivity index is 5.62. The van der Waals surface area contributed by atoms with Crippen LogP contribution in [0, 0.1) is 11.3 Å². The molecule has 0 amide bonds. The number of hydrogen-bond donors (Lipinski definition) is 0. The maximum absolute atomic E-state index is 13.4. The summed E-state index contributed by atoms with van der Waals surface area (Å²) in [5.74, 6) is -6.75. The van der Waals surface area contributed by atoms with E-state index in [1.165, 1.54) is 32.6 Å². The fraction of sp³-hybridized carbons (Fsp3) is 0.727. The van der Waals surface area contributed by atoms with Gasteiger partial charge in [-0.1, -0.05) is 0 Å². The van der Waals surface area contributed by atoms with Gasteiger partial charge in [0.05, 0.1) is 6.07 Å². The van der Waals surface area contributed by atoms with Gasteiger partial charge in [-0.3, -0.25) is 0 Å². The lowest BCUT2D eigenvalue weighted by molar-refractivity contribution is -0.273. The van der Waals surface area contributed by atoms with E-state index in [1.807, 2.05) is 0 Å². The molecule has 9 heteroatoms. The molecule has 0 aromatic rings. The third kappa shape index (κ3) is 5.46. The van der Waals surface area contributed by atoms with Crippen molar-refractivity contribution in [2.75, 3.05) is 6.61 Å². The summed E-state index contributed by atoms with van der Waals surface area (Å²) < 4.78 is 73.6. The van der Waals surface area contributed by atoms with Crippen LogP contribution in [0.25, 0.3) is 0 Å². The summed E-state index contributed by atoms with van der Waals surface area (Å²) in [6.07, 6.45) is -6.94. The van der Waals surface area contributed by atoms with Crippen LogP contribution in [0.1, 0.15) is 6.92 Å². The lowest BCUT2D eigenvalue weighted by Gasteiger charge is -2.29. The Morgan fingerprint density at radius 1 is 1.25 bits per heavy atom. The quantitative estimate of drug-likeness (QED) is 0.424. The Morgan fingerprint density at radius 3 is 2.05 bits per heavy atom. The second kappa shape index (κ2) is 6.54. The van der Waals surface area contributed by atoms with Crippen LogP contribution in [-0.4, -0.2) is 33.1 Å². The van der Waals surface area contributed by atoms with Gasteiger partial charge in [0.25, 0.3) is 0 Å². The number of nitriles is 1. The van der Waals surface area contributed by atoms with Crippen LogP contribution >= 0.6 is 0 Å². The summed E-state index contributed by atoms with van der Waals surface area (Å²) in [5, 5.41) is 8.68. The molecule has 0 aromatic carbocycles. The van der Waals surface area contributed by atoms with Crippen molar-refractivity contribution in [2.24, 2.45) is 0 Å². The standard InChI is InChI=1S/C11H16F5NO2Si/c1-5-18-8(7-17)6-9(19-20(2,3)4)10(12,13)11(14,15)16/h6,8H,5H2,1-4H3/b9-6+. The molecule has 0 bridgehead atoms. The van der Waals surface area contributed by atoms with Gasteiger partial charge in [0.15, 0.2) is 11.9 Å². The Kier molecular flexibility index (Phi) is 6.17. The molecule has 0 heterocycles. The molecule has 0 aliphatic rings. The number of ether oxygens (including phenoxy) is 1.